The van der Waals surface area contributed by atoms with Gasteiger partial charge in [0.1, 0.15) is 5.54 Å². The minimum absolute atomic E-state index is 0.102. The van der Waals surface area contributed by atoms with E-state index in [9.17, 15) is 4.79 Å². The first kappa shape index (κ1) is 11.7. The van der Waals surface area contributed by atoms with Gasteiger partial charge in [0.15, 0.2) is 0 Å². The van der Waals surface area contributed by atoms with Crippen LogP contribution in [0, 0.1) is 5.92 Å². The van der Waals surface area contributed by atoms with Crippen molar-refractivity contribution in [1.29, 1.82) is 0 Å². The van der Waals surface area contributed by atoms with Gasteiger partial charge in [-0.3, -0.25) is 4.79 Å². The van der Waals surface area contributed by atoms with E-state index >= 15 is 0 Å². The molecule has 1 aromatic rings. The van der Waals surface area contributed by atoms with Crippen molar-refractivity contribution in [2.75, 3.05) is 0 Å². The van der Waals surface area contributed by atoms with Crippen LogP contribution < -0.4 is 5.73 Å². The molecule has 0 spiro atoms. The molecule has 3 N–H and O–H groups in total. The smallest absolute Gasteiger partial charge is 0.324 e. The summed E-state index contributed by atoms with van der Waals surface area (Å²) in [4.78, 5) is 11.1. The van der Waals surface area contributed by atoms with E-state index in [-0.39, 0.29) is 5.92 Å². The summed E-state index contributed by atoms with van der Waals surface area (Å²) in [5.41, 5.74) is 5.69. The minimum atomic E-state index is -1.18. The molecule has 3 nitrogen and oxygen atoms in total. The Balaban J connectivity index is 2.90. The summed E-state index contributed by atoms with van der Waals surface area (Å²) in [5.74, 6) is -1.04. The first-order valence-corrected chi connectivity index (χ1v) is 5.03. The molecule has 0 aliphatic heterocycles. The topological polar surface area (TPSA) is 63.3 Å². The van der Waals surface area contributed by atoms with Gasteiger partial charge in [0.25, 0.3) is 0 Å². The van der Waals surface area contributed by atoms with Gasteiger partial charge < -0.3 is 10.8 Å². The van der Waals surface area contributed by atoms with Crippen molar-refractivity contribution in [1.82, 2.24) is 0 Å². The number of carboxylic acid groups (broad SMARTS) is 1. The van der Waals surface area contributed by atoms with Gasteiger partial charge in [-0.15, -0.1) is 0 Å². The highest BCUT2D eigenvalue weighted by molar-refractivity contribution is 5.79. The molecule has 1 atom stereocenters. The first-order chi connectivity index (χ1) is 6.97. The molecule has 0 radical (unpaired) electrons. The van der Waals surface area contributed by atoms with Gasteiger partial charge in [0, 0.05) is 6.42 Å². The molecule has 0 bridgehead atoms. The maximum Gasteiger partial charge on any atom is 0.324 e. The van der Waals surface area contributed by atoms with Gasteiger partial charge in [0.05, 0.1) is 0 Å². The fourth-order valence-electron chi connectivity index (χ4n) is 1.46. The number of aliphatic carboxylic acids is 1. The second kappa shape index (κ2) is 4.45. The van der Waals surface area contributed by atoms with E-state index in [1.165, 1.54) is 0 Å². The summed E-state index contributed by atoms with van der Waals surface area (Å²) in [6.07, 6.45) is 0.362. The molecule has 0 saturated heterocycles. The van der Waals surface area contributed by atoms with Crippen molar-refractivity contribution in [3.05, 3.63) is 35.9 Å². The molecule has 1 aromatic carbocycles. The third kappa shape index (κ3) is 2.57. The van der Waals surface area contributed by atoms with E-state index in [1.54, 1.807) is 0 Å². The summed E-state index contributed by atoms with van der Waals surface area (Å²) < 4.78 is 0. The molecule has 0 aromatic heterocycles. The molecule has 15 heavy (non-hydrogen) atoms. The number of hydrogen-bond donors (Lipinski definition) is 2. The van der Waals surface area contributed by atoms with Gasteiger partial charge in [0.2, 0.25) is 0 Å². The lowest BCUT2D eigenvalue weighted by atomic mass is 9.82. The van der Waals surface area contributed by atoms with E-state index in [0.29, 0.717) is 6.42 Å². The first-order valence-electron chi connectivity index (χ1n) is 5.03. The summed E-state index contributed by atoms with van der Waals surface area (Å²) in [7, 11) is 0. The van der Waals surface area contributed by atoms with Crippen LogP contribution in [-0.4, -0.2) is 16.6 Å². The zero-order valence-corrected chi connectivity index (χ0v) is 9.10. The monoisotopic (exact) mass is 207 g/mol. The third-order valence-corrected chi connectivity index (χ3v) is 2.77. The number of benzene rings is 1. The van der Waals surface area contributed by atoms with Crippen molar-refractivity contribution < 1.29 is 9.90 Å². The van der Waals surface area contributed by atoms with Crippen LogP contribution in [0.1, 0.15) is 19.4 Å². The van der Waals surface area contributed by atoms with Crippen LogP contribution in [-0.2, 0) is 11.2 Å². The summed E-state index contributed by atoms with van der Waals surface area (Å²) >= 11 is 0. The van der Waals surface area contributed by atoms with Crippen LogP contribution in [0.3, 0.4) is 0 Å². The zero-order chi connectivity index (χ0) is 11.5. The maximum absolute atomic E-state index is 11.1. The Morgan fingerprint density at radius 2 is 1.93 bits per heavy atom. The molecule has 0 amide bonds. The Kier molecular flexibility index (Phi) is 3.48. The van der Waals surface area contributed by atoms with E-state index in [4.69, 9.17) is 10.8 Å². The van der Waals surface area contributed by atoms with Crippen LogP contribution in [0.4, 0.5) is 0 Å². The normalized spacial score (nSPS) is 14.9. The van der Waals surface area contributed by atoms with Gasteiger partial charge in [-0.2, -0.15) is 0 Å². The number of carboxylic acids is 1. The molecular formula is C12H17NO2. The van der Waals surface area contributed by atoms with Crippen LogP contribution in [0.2, 0.25) is 0 Å². The van der Waals surface area contributed by atoms with Crippen molar-refractivity contribution in [3.63, 3.8) is 0 Å². The summed E-state index contributed by atoms with van der Waals surface area (Å²) in [6.45, 7) is 3.66. The summed E-state index contributed by atoms with van der Waals surface area (Å²) in [5, 5.41) is 9.14. The van der Waals surface area contributed by atoms with Gasteiger partial charge in [-0.05, 0) is 11.5 Å². The largest absolute Gasteiger partial charge is 0.480 e. The lowest BCUT2D eigenvalue weighted by Crippen LogP contribution is -2.54. The van der Waals surface area contributed by atoms with Gasteiger partial charge in [-0.25, -0.2) is 0 Å². The molecule has 1 rings (SSSR count). The van der Waals surface area contributed by atoms with E-state index in [2.05, 4.69) is 0 Å². The molecule has 0 heterocycles. The highest BCUT2D eigenvalue weighted by atomic mass is 16.4. The van der Waals surface area contributed by atoms with Gasteiger partial charge >= 0.3 is 5.97 Å². The zero-order valence-electron chi connectivity index (χ0n) is 9.10. The van der Waals surface area contributed by atoms with Crippen molar-refractivity contribution in [2.24, 2.45) is 11.7 Å². The van der Waals surface area contributed by atoms with Crippen LogP contribution in [0.5, 0.6) is 0 Å². The number of hydrogen-bond acceptors (Lipinski definition) is 2. The van der Waals surface area contributed by atoms with Crippen LogP contribution in [0.25, 0.3) is 0 Å². The molecule has 1 unspecified atom stereocenters. The Labute approximate surface area is 89.9 Å². The van der Waals surface area contributed by atoms with Gasteiger partial charge in [-0.1, -0.05) is 44.2 Å². The second-order valence-electron chi connectivity index (χ2n) is 4.16. The number of nitrogens with two attached hydrogens (primary N) is 1. The number of rotatable bonds is 4. The predicted octanol–water partition coefficient (Wildman–Crippen LogP) is 1.67. The summed E-state index contributed by atoms with van der Waals surface area (Å²) in [6, 6.07) is 9.47. The lowest BCUT2D eigenvalue weighted by molar-refractivity contribution is -0.145. The van der Waals surface area contributed by atoms with Crippen molar-refractivity contribution >= 4 is 5.97 Å². The van der Waals surface area contributed by atoms with E-state index < -0.39 is 11.5 Å². The van der Waals surface area contributed by atoms with E-state index in [0.717, 1.165) is 5.56 Å². The highest BCUT2D eigenvalue weighted by Crippen LogP contribution is 2.20. The lowest BCUT2D eigenvalue weighted by Gasteiger charge is -2.28. The molecule has 82 valence electrons. The fourth-order valence-corrected chi connectivity index (χ4v) is 1.46. The highest BCUT2D eigenvalue weighted by Gasteiger charge is 2.37. The average Bonchev–Trinajstić information content (AvgIpc) is 2.18. The van der Waals surface area contributed by atoms with Crippen molar-refractivity contribution in [3.8, 4) is 0 Å². The van der Waals surface area contributed by atoms with Crippen LogP contribution >= 0.6 is 0 Å². The Morgan fingerprint density at radius 1 is 1.40 bits per heavy atom. The SMILES string of the molecule is CC(C)C(N)(Cc1ccccc1)C(=O)O. The molecular weight excluding hydrogens is 190 g/mol. The minimum Gasteiger partial charge on any atom is -0.480 e. The molecule has 0 aliphatic rings. The average molecular weight is 207 g/mol. The molecule has 3 heteroatoms. The van der Waals surface area contributed by atoms with Crippen molar-refractivity contribution in [2.45, 2.75) is 25.8 Å². The Hall–Kier alpha value is -1.35. The molecule has 0 aliphatic carbocycles. The Bertz CT molecular complexity index is 335. The quantitative estimate of drug-likeness (QED) is 0.789. The molecule has 0 saturated carbocycles. The maximum atomic E-state index is 11.1. The number of carbonyl (C=O) groups is 1. The van der Waals surface area contributed by atoms with Crippen LogP contribution in [0.15, 0.2) is 30.3 Å². The Morgan fingerprint density at radius 3 is 2.33 bits per heavy atom. The second-order valence-corrected chi connectivity index (χ2v) is 4.16. The third-order valence-electron chi connectivity index (χ3n) is 2.77. The predicted molar refractivity (Wildman–Crippen MR) is 59.5 cm³/mol. The fraction of sp³-hybridized carbons (Fsp3) is 0.417. The van der Waals surface area contributed by atoms with E-state index in [1.807, 2.05) is 44.2 Å². The standard InChI is InChI=1S/C12H17NO2/c1-9(2)12(13,11(14)15)8-10-6-4-3-5-7-10/h3-7,9H,8,13H2,1-2H3,(H,14,15). The molecule has 0 fully saturated rings.